The molecule has 10 heteroatoms. The third kappa shape index (κ3) is 4.58. The number of hydrogen-bond acceptors (Lipinski definition) is 6. The Morgan fingerprint density at radius 2 is 2.03 bits per heavy atom. The second kappa shape index (κ2) is 9.51. The molecule has 4 heterocycles. The molecule has 0 radical (unpaired) electrons. The second-order valence-electron chi connectivity index (χ2n) is 7.51. The lowest BCUT2D eigenvalue weighted by Crippen LogP contribution is -2.26. The van der Waals surface area contributed by atoms with Crippen LogP contribution >= 0.6 is 15.9 Å². The van der Waals surface area contributed by atoms with Crippen LogP contribution in [0, 0.1) is 0 Å². The van der Waals surface area contributed by atoms with Crippen LogP contribution in [-0.4, -0.2) is 34.7 Å². The molecule has 3 aromatic rings. The maximum absolute atomic E-state index is 13.2. The lowest BCUT2D eigenvalue weighted by Gasteiger charge is -2.12. The van der Waals surface area contributed by atoms with Gasteiger partial charge in [0, 0.05) is 44.7 Å². The minimum atomic E-state index is -0.160. The fourth-order valence-electron chi connectivity index (χ4n) is 3.66. The minimum absolute atomic E-state index is 0.107. The van der Waals surface area contributed by atoms with Gasteiger partial charge >= 0.3 is 0 Å². The van der Waals surface area contributed by atoms with Crippen molar-refractivity contribution in [2.24, 2.45) is 4.99 Å². The van der Waals surface area contributed by atoms with Crippen LogP contribution in [0.5, 0.6) is 0 Å². The van der Waals surface area contributed by atoms with Crippen LogP contribution in [0.3, 0.4) is 0 Å². The molecular weight excluding hydrogens is 462 g/mol. The van der Waals surface area contributed by atoms with Gasteiger partial charge in [0.15, 0.2) is 0 Å². The van der Waals surface area contributed by atoms with Gasteiger partial charge in [0.25, 0.3) is 5.56 Å². The number of aromatic nitrogens is 5. The number of nitrogens with one attached hydrogen (secondary N) is 1. The molecule has 1 aliphatic heterocycles. The Balaban J connectivity index is 1.54. The number of aliphatic imine (C=N–C) groups is 1. The Morgan fingerprint density at radius 3 is 2.81 bits per heavy atom. The van der Waals surface area contributed by atoms with Gasteiger partial charge in [-0.05, 0) is 40.0 Å². The fourth-order valence-corrected chi connectivity index (χ4v) is 4.11. The summed E-state index contributed by atoms with van der Waals surface area (Å²) in [5.74, 6) is 1.53. The van der Waals surface area contributed by atoms with Crippen LogP contribution < -0.4 is 10.9 Å². The number of aryl methyl sites for hydroxylation is 2. The lowest BCUT2D eigenvalue weighted by molar-refractivity contribution is -0.121. The summed E-state index contributed by atoms with van der Waals surface area (Å²) < 4.78 is 4.25. The van der Waals surface area contributed by atoms with Crippen molar-refractivity contribution in [3.05, 3.63) is 51.8 Å². The van der Waals surface area contributed by atoms with Crippen molar-refractivity contribution in [1.82, 2.24) is 29.5 Å². The minimum Gasteiger partial charge on any atom is -0.352 e. The Hall–Kier alpha value is -2.88. The van der Waals surface area contributed by atoms with Gasteiger partial charge in [0.05, 0.1) is 10.2 Å². The number of hydrogen-bond donors (Lipinski definition) is 1. The predicted molar refractivity (Wildman–Crippen MR) is 121 cm³/mol. The highest BCUT2D eigenvalue weighted by molar-refractivity contribution is 9.18. The zero-order chi connectivity index (χ0) is 21.8. The number of unbranched alkanes of at least 4 members (excludes halogenated alkanes) is 2. The van der Waals surface area contributed by atoms with Crippen molar-refractivity contribution in [3.63, 3.8) is 0 Å². The Morgan fingerprint density at radius 1 is 1.23 bits per heavy atom. The van der Waals surface area contributed by atoms with Crippen LogP contribution in [0.25, 0.3) is 5.78 Å². The smallest absolute Gasteiger partial charge is 0.266 e. The van der Waals surface area contributed by atoms with Gasteiger partial charge in [-0.2, -0.15) is 0 Å². The molecule has 162 valence electrons. The predicted octanol–water partition coefficient (Wildman–Crippen LogP) is 2.71. The van der Waals surface area contributed by atoms with E-state index in [2.05, 4.69) is 48.3 Å². The topological polar surface area (TPSA) is 107 Å². The molecule has 31 heavy (non-hydrogen) atoms. The first kappa shape index (κ1) is 21.4. The highest BCUT2D eigenvalue weighted by Gasteiger charge is 2.25. The number of carbonyl (C=O) groups is 1. The summed E-state index contributed by atoms with van der Waals surface area (Å²) in [7, 11) is 0. The van der Waals surface area contributed by atoms with E-state index in [1.54, 1.807) is 16.8 Å². The van der Waals surface area contributed by atoms with Crippen molar-refractivity contribution >= 4 is 38.1 Å². The zero-order valence-corrected chi connectivity index (χ0v) is 18.9. The van der Waals surface area contributed by atoms with E-state index in [-0.39, 0.29) is 17.9 Å². The van der Waals surface area contributed by atoms with Crippen molar-refractivity contribution in [3.8, 4) is 0 Å². The zero-order valence-electron chi connectivity index (χ0n) is 17.3. The van der Waals surface area contributed by atoms with Crippen LogP contribution in [0.4, 0.5) is 5.82 Å². The molecule has 1 amide bonds. The monoisotopic (exact) mass is 485 g/mol. The number of fused-ring (bicyclic) bond motifs is 2. The Bertz CT molecular complexity index is 1180. The molecule has 0 atom stereocenters. The standard InChI is InChI=1S/C21H24BrN7O2/c1-2-3-4-11-28-19-15(12-16(22)25-19)20(31)29-17(26-27-21(28)29)5-6-18(30)24-13-14-7-9-23-10-8-14/h7-10H,2-6,11-13H2,1H3,(H,24,30). The highest BCUT2D eigenvalue weighted by atomic mass is 79.9. The normalized spacial score (nSPS) is 12.8. The van der Waals surface area contributed by atoms with E-state index in [4.69, 9.17) is 0 Å². The number of pyridine rings is 1. The average molecular weight is 486 g/mol. The molecule has 0 saturated heterocycles. The maximum Gasteiger partial charge on any atom is 0.266 e. The first-order valence-electron chi connectivity index (χ1n) is 10.5. The Kier molecular flexibility index (Phi) is 6.55. The van der Waals surface area contributed by atoms with Gasteiger partial charge in [-0.25, -0.2) is 9.39 Å². The molecule has 3 aromatic heterocycles. The summed E-state index contributed by atoms with van der Waals surface area (Å²) in [6.07, 6.45) is 7.53. The van der Waals surface area contributed by atoms with E-state index in [1.165, 1.54) is 0 Å². The number of rotatable bonds is 9. The van der Waals surface area contributed by atoms with Crippen molar-refractivity contribution in [2.45, 2.75) is 58.5 Å². The summed E-state index contributed by atoms with van der Waals surface area (Å²) >= 11 is 3.43. The summed E-state index contributed by atoms with van der Waals surface area (Å²) in [5.41, 5.74) is 1.46. The third-order valence-electron chi connectivity index (χ3n) is 5.29. The van der Waals surface area contributed by atoms with Crippen LogP contribution in [0.1, 0.15) is 49.6 Å². The lowest BCUT2D eigenvalue weighted by atomic mass is 10.2. The molecular formula is C21H24BrN7O2. The molecule has 1 N–H and O–H groups in total. The van der Waals surface area contributed by atoms with Crippen LogP contribution in [0.15, 0.2) is 34.3 Å². The van der Waals surface area contributed by atoms with Crippen molar-refractivity contribution in [1.29, 1.82) is 0 Å². The van der Waals surface area contributed by atoms with E-state index in [9.17, 15) is 9.59 Å². The summed E-state index contributed by atoms with van der Waals surface area (Å²) in [4.78, 5) is 34.0. The van der Waals surface area contributed by atoms with Gasteiger partial charge in [0.2, 0.25) is 11.7 Å². The molecule has 9 nitrogen and oxygen atoms in total. The maximum atomic E-state index is 13.2. The summed E-state index contributed by atoms with van der Waals surface area (Å²) in [5, 5.41) is 11.4. The number of amides is 1. The molecule has 1 aliphatic rings. The average Bonchev–Trinajstić information content (AvgIpc) is 3.38. The first-order chi connectivity index (χ1) is 15.1. The van der Waals surface area contributed by atoms with Crippen molar-refractivity contribution in [2.75, 3.05) is 0 Å². The SMILES string of the molecule is CCCCCn1c2c(c(=O)n3c(CCC(=O)NCc4ccncc4)nnc13)CC(Br)=N2. The van der Waals surface area contributed by atoms with E-state index >= 15 is 0 Å². The highest BCUT2D eigenvalue weighted by Crippen LogP contribution is 2.28. The number of nitrogens with zero attached hydrogens (tertiary/aromatic N) is 6. The molecule has 0 bridgehead atoms. The number of halogens is 1. The van der Waals surface area contributed by atoms with Gasteiger partial charge < -0.3 is 5.32 Å². The van der Waals surface area contributed by atoms with E-state index in [0.717, 1.165) is 29.4 Å². The van der Waals surface area contributed by atoms with E-state index < -0.39 is 0 Å². The molecule has 0 aromatic carbocycles. The largest absolute Gasteiger partial charge is 0.352 e. The van der Waals surface area contributed by atoms with Gasteiger partial charge in [-0.3, -0.25) is 19.1 Å². The van der Waals surface area contributed by atoms with E-state index in [0.29, 0.717) is 48.9 Å². The van der Waals surface area contributed by atoms with Gasteiger partial charge in [-0.15, -0.1) is 10.2 Å². The molecule has 0 unspecified atom stereocenters. The second-order valence-corrected chi connectivity index (χ2v) is 8.43. The molecule has 0 aliphatic carbocycles. The van der Waals surface area contributed by atoms with Crippen molar-refractivity contribution < 1.29 is 4.79 Å². The molecule has 4 rings (SSSR count). The molecule has 0 spiro atoms. The van der Waals surface area contributed by atoms with Crippen LogP contribution in [0.2, 0.25) is 0 Å². The molecule has 0 fully saturated rings. The molecule has 0 saturated carbocycles. The quantitative estimate of drug-likeness (QED) is 0.468. The third-order valence-corrected chi connectivity index (χ3v) is 5.75. The Labute approximate surface area is 187 Å². The van der Waals surface area contributed by atoms with E-state index in [1.807, 2.05) is 16.7 Å². The van der Waals surface area contributed by atoms with Crippen LogP contribution in [-0.2, 0) is 30.7 Å². The number of carbonyl (C=O) groups excluding carboxylic acids is 1. The summed E-state index contributed by atoms with van der Waals surface area (Å²) in [6, 6.07) is 3.71. The van der Waals surface area contributed by atoms with Gasteiger partial charge in [0.1, 0.15) is 11.6 Å². The summed E-state index contributed by atoms with van der Waals surface area (Å²) in [6.45, 7) is 3.30. The first-order valence-corrected chi connectivity index (χ1v) is 11.3. The van der Waals surface area contributed by atoms with Gasteiger partial charge in [-0.1, -0.05) is 19.8 Å². The fraction of sp³-hybridized carbons (Fsp3) is 0.429.